The Kier molecular flexibility index (Phi) is 5.57. The summed E-state index contributed by atoms with van der Waals surface area (Å²) < 4.78 is 34.3. The number of carbonyl (C=O) groups is 1. The van der Waals surface area contributed by atoms with E-state index in [1.54, 1.807) is 7.11 Å². The Morgan fingerprint density at radius 1 is 1.23 bits per heavy atom. The van der Waals surface area contributed by atoms with Crippen molar-refractivity contribution in [3.63, 3.8) is 0 Å². The predicted octanol–water partition coefficient (Wildman–Crippen LogP) is 4.19. The van der Waals surface area contributed by atoms with E-state index in [4.69, 9.17) is 9.84 Å². The van der Waals surface area contributed by atoms with Gasteiger partial charge in [0.25, 0.3) is 5.91 Å². The third kappa shape index (κ3) is 3.94. The summed E-state index contributed by atoms with van der Waals surface area (Å²) in [5, 5.41) is 17.6. The van der Waals surface area contributed by atoms with Gasteiger partial charge in [0.1, 0.15) is 5.75 Å². The molecule has 0 spiro atoms. The van der Waals surface area contributed by atoms with Gasteiger partial charge in [-0.3, -0.25) is 9.48 Å². The number of aromatic hydroxyl groups is 1. The van der Waals surface area contributed by atoms with Crippen LogP contribution in [0.5, 0.6) is 11.5 Å². The van der Waals surface area contributed by atoms with Gasteiger partial charge in [-0.25, -0.2) is 8.78 Å². The first kappa shape index (κ1) is 20.1. The van der Waals surface area contributed by atoms with Crippen LogP contribution >= 0.6 is 0 Å². The van der Waals surface area contributed by atoms with E-state index in [1.807, 2.05) is 29.1 Å². The summed E-state index contributed by atoms with van der Waals surface area (Å²) in [7, 11) is 1.65. The van der Waals surface area contributed by atoms with Crippen molar-refractivity contribution < 1.29 is 23.4 Å². The largest absolute Gasteiger partial charge is 0.503 e. The molecule has 0 aliphatic heterocycles. The molecule has 2 aromatic carbocycles. The number of fused-ring (bicyclic) bond motifs is 1. The molecule has 0 atom stereocenters. The average Bonchev–Trinajstić information content (AvgIpc) is 3.20. The van der Waals surface area contributed by atoms with E-state index in [-0.39, 0.29) is 17.5 Å². The van der Waals surface area contributed by atoms with Crippen molar-refractivity contribution in [2.45, 2.75) is 31.7 Å². The normalized spacial score (nSPS) is 19.0. The van der Waals surface area contributed by atoms with Crippen molar-refractivity contribution in [3.05, 3.63) is 53.7 Å². The number of amides is 1. The number of hydrogen-bond acceptors (Lipinski definition) is 4. The Labute approximate surface area is 172 Å². The van der Waals surface area contributed by atoms with Crippen LogP contribution < -0.4 is 10.1 Å². The zero-order valence-electron chi connectivity index (χ0n) is 16.6. The highest BCUT2D eigenvalue weighted by Crippen LogP contribution is 2.34. The molecule has 30 heavy (non-hydrogen) atoms. The van der Waals surface area contributed by atoms with Gasteiger partial charge in [-0.05, 0) is 55.9 Å². The molecule has 1 aromatic heterocycles. The smallest absolute Gasteiger partial charge is 0.251 e. The molecule has 1 fully saturated rings. The minimum atomic E-state index is -1.15. The van der Waals surface area contributed by atoms with Crippen molar-refractivity contribution in [3.8, 4) is 11.5 Å². The molecular formula is C22H23F2N3O3. The van der Waals surface area contributed by atoms with Crippen molar-refractivity contribution >= 4 is 16.8 Å². The molecule has 0 bridgehead atoms. The van der Waals surface area contributed by atoms with Gasteiger partial charge >= 0.3 is 0 Å². The minimum absolute atomic E-state index is 0.145. The average molecular weight is 415 g/mol. The van der Waals surface area contributed by atoms with E-state index in [0.29, 0.717) is 6.54 Å². The third-order valence-corrected chi connectivity index (χ3v) is 5.77. The van der Waals surface area contributed by atoms with E-state index < -0.39 is 23.3 Å². The van der Waals surface area contributed by atoms with Crippen molar-refractivity contribution in [2.75, 3.05) is 13.7 Å². The molecule has 3 aromatic rings. The van der Waals surface area contributed by atoms with Crippen LogP contribution in [-0.4, -0.2) is 34.4 Å². The van der Waals surface area contributed by atoms with E-state index in [0.717, 1.165) is 54.5 Å². The summed E-state index contributed by atoms with van der Waals surface area (Å²) in [6.07, 6.45) is 5.71. The molecule has 1 aliphatic rings. The number of carbonyl (C=O) groups excluding carboxylic acids is 1. The fourth-order valence-electron chi connectivity index (χ4n) is 4.05. The quantitative estimate of drug-likeness (QED) is 0.655. The fraction of sp³-hybridized carbons (Fsp3) is 0.364. The number of hydrogen-bond donors (Lipinski definition) is 2. The highest BCUT2D eigenvalue weighted by atomic mass is 19.1. The second kappa shape index (κ2) is 8.30. The Balaban J connectivity index is 1.33. The monoisotopic (exact) mass is 415 g/mol. The van der Waals surface area contributed by atoms with Gasteiger partial charge in [0.05, 0.1) is 24.1 Å². The maximum absolute atomic E-state index is 13.4. The second-order valence-corrected chi connectivity index (χ2v) is 7.68. The maximum atomic E-state index is 13.4. The lowest BCUT2D eigenvalue weighted by Crippen LogP contribution is -2.31. The van der Waals surface area contributed by atoms with Crippen LogP contribution in [0.25, 0.3) is 10.9 Å². The van der Waals surface area contributed by atoms with Crippen molar-refractivity contribution in [1.29, 1.82) is 0 Å². The minimum Gasteiger partial charge on any atom is -0.503 e. The van der Waals surface area contributed by atoms with Gasteiger partial charge < -0.3 is 15.2 Å². The highest BCUT2D eigenvalue weighted by molar-refractivity contribution is 5.94. The van der Waals surface area contributed by atoms with Crippen LogP contribution in [0.4, 0.5) is 8.78 Å². The summed E-state index contributed by atoms with van der Waals surface area (Å²) in [4.78, 5) is 12.2. The third-order valence-electron chi connectivity index (χ3n) is 5.77. The number of ether oxygens (including phenoxy) is 1. The second-order valence-electron chi connectivity index (χ2n) is 7.68. The van der Waals surface area contributed by atoms with Crippen LogP contribution in [0.1, 0.15) is 42.1 Å². The standard InChI is InChI=1S/C22H23F2N3O3/c1-30-20-4-2-3-19-16(20)12-27(26-19)15-7-5-13(6-8-15)11-25-22(29)14-9-17(23)21(28)18(24)10-14/h2-4,9-10,12-13,15,28H,5-8,11H2,1H3,(H,25,29). The number of halogens is 2. The molecule has 158 valence electrons. The molecule has 1 heterocycles. The molecular weight excluding hydrogens is 392 g/mol. The van der Waals surface area contributed by atoms with Crippen LogP contribution in [-0.2, 0) is 0 Å². The summed E-state index contributed by atoms with van der Waals surface area (Å²) in [6, 6.07) is 7.76. The summed E-state index contributed by atoms with van der Waals surface area (Å²) in [6.45, 7) is 0.435. The topological polar surface area (TPSA) is 76.4 Å². The number of phenolic OH excluding ortho intramolecular Hbond substituents is 1. The van der Waals surface area contributed by atoms with Gasteiger partial charge in [-0.2, -0.15) is 5.10 Å². The lowest BCUT2D eigenvalue weighted by molar-refractivity contribution is 0.0940. The molecule has 0 unspecified atom stereocenters. The molecule has 8 heteroatoms. The maximum Gasteiger partial charge on any atom is 0.251 e. The lowest BCUT2D eigenvalue weighted by Gasteiger charge is -2.28. The van der Waals surface area contributed by atoms with Gasteiger partial charge in [0.2, 0.25) is 0 Å². The summed E-state index contributed by atoms with van der Waals surface area (Å²) >= 11 is 0. The summed E-state index contributed by atoms with van der Waals surface area (Å²) in [5.41, 5.74) is 0.755. The molecule has 1 aliphatic carbocycles. The van der Waals surface area contributed by atoms with Crippen LogP contribution in [0.3, 0.4) is 0 Å². The number of benzene rings is 2. The number of phenols is 1. The van der Waals surface area contributed by atoms with Gasteiger partial charge in [0.15, 0.2) is 17.4 Å². The number of nitrogens with one attached hydrogen (secondary N) is 1. The van der Waals surface area contributed by atoms with E-state index in [9.17, 15) is 13.6 Å². The molecule has 6 nitrogen and oxygen atoms in total. The first-order chi connectivity index (χ1) is 14.5. The number of nitrogens with zero attached hydrogens (tertiary/aromatic N) is 2. The molecule has 2 N–H and O–H groups in total. The first-order valence-electron chi connectivity index (χ1n) is 9.94. The van der Waals surface area contributed by atoms with Gasteiger partial charge in [-0.1, -0.05) is 6.07 Å². The van der Waals surface area contributed by atoms with Crippen LogP contribution in [0.2, 0.25) is 0 Å². The Morgan fingerprint density at radius 2 is 1.93 bits per heavy atom. The predicted molar refractivity (Wildman–Crippen MR) is 108 cm³/mol. The van der Waals surface area contributed by atoms with E-state index in [2.05, 4.69) is 10.4 Å². The highest BCUT2D eigenvalue weighted by Gasteiger charge is 2.24. The van der Waals surface area contributed by atoms with E-state index >= 15 is 0 Å². The molecule has 0 saturated heterocycles. The lowest BCUT2D eigenvalue weighted by atomic mass is 9.86. The van der Waals surface area contributed by atoms with Crippen molar-refractivity contribution in [2.24, 2.45) is 5.92 Å². The Bertz CT molecular complexity index is 1050. The molecule has 0 radical (unpaired) electrons. The molecule has 1 amide bonds. The number of aromatic nitrogens is 2. The van der Waals surface area contributed by atoms with Gasteiger partial charge in [-0.15, -0.1) is 0 Å². The van der Waals surface area contributed by atoms with Crippen LogP contribution in [0.15, 0.2) is 36.5 Å². The molecule has 4 rings (SSSR count). The molecule has 1 saturated carbocycles. The Morgan fingerprint density at radius 3 is 2.60 bits per heavy atom. The van der Waals surface area contributed by atoms with Crippen LogP contribution in [0, 0.1) is 17.6 Å². The first-order valence-corrected chi connectivity index (χ1v) is 9.94. The van der Waals surface area contributed by atoms with Gasteiger partial charge in [0, 0.05) is 18.3 Å². The summed E-state index contributed by atoms with van der Waals surface area (Å²) in [5.74, 6) is -2.84. The SMILES string of the molecule is COc1cccc2nn(C3CCC(CNC(=O)c4cc(F)c(O)c(F)c4)CC3)cc12. The number of rotatable bonds is 5. The van der Waals surface area contributed by atoms with E-state index in [1.165, 1.54) is 0 Å². The zero-order valence-corrected chi connectivity index (χ0v) is 16.6. The number of methoxy groups -OCH3 is 1. The fourth-order valence-corrected chi connectivity index (χ4v) is 4.05. The zero-order chi connectivity index (χ0) is 21.3. The van der Waals surface area contributed by atoms with Crippen molar-refractivity contribution in [1.82, 2.24) is 15.1 Å². The Hall–Kier alpha value is -3.16.